The minimum atomic E-state index is -0.961. The summed E-state index contributed by atoms with van der Waals surface area (Å²) in [4.78, 5) is 22.9. The van der Waals surface area contributed by atoms with E-state index in [-0.39, 0.29) is 19.1 Å². The second-order valence-corrected chi connectivity index (χ2v) is 4.29. The molecule has 0 bridgehead atoms. The van der Waals surface area contributed by atoms with Crippen molar-refractivity contribution in [2.75, 3.05) is 20.3 Å². The van der Waals surface area contributed by atoms with Crippen LogP contribution in [0, 0.1) is 5.92 Å². The van der Waals surface area contributed by atoms with Gasteiger partial charge in [-0.3, -0.25) is 9.59 Å². The normalized spacial score (nSPS) is 21.9. The Bertz CT molecular complexity index is 470. The van der Waals surface area contributed by atoms with Crippen molar-refractivity contribution in [3.05, 3.63) is 29.8 Å². The Balaban J connectivity index is 2.01. The molecule has 2 atom stereocenters. The first kappa shape index (κ1) is 13.4. The molecule has 6 nitrogen and oxygen atoms in total. The summed E-state index contributed by atoms with van der Waals surface area (Å²) >= 11 is 0. The molecule has 1 heterocycles. The maximum Gasteiger partial charge on any atom is 0.311 e. The summed E-state index contributed by atoms with van der Waals surface area (Å²) in [7, 11) is 1.54. The molecule has 1 aromatic rings. The smallest absolute Gasteiger partial charge is 0.311 e. The summed E-state index contributed by atoms with van der Waals surface area (Å²) in [5, 5.41) is 11.7. The fourth-order valence-corrected chi connectivity index (χ4v) is 1.93. The maximum absolute atomic E-state index is 12.0. The molecule has 2 N–H and O–H groups in total. The van der Waals surface area contributed by atoms with Gasteiger partial charge in [-0.1, -0.05) is 0 Å². The topological polar surface area (TPSA) is 84.9 Å². The number of benzene rings is 1. The van der Waals surface area contributed by atoms with E-state index in [1.54, 1.807) is 31.4 Å². The number of rotatable bonds is 4. The summed E-state index contributed by atoms with van der Waals surface area (Å²) in [5.74, 6) is -1.31. The third kappa shape index (κ3) is 3.03. The molecule has 0 spiro atoms. The van der Waals surface area contributed by atoms with Gasteiger partial charge in [0, 0.05) is 5.56 Å². The third-order valence-electron chi connectivity index (χ3n) is 3.07. The molecule has 0 aromatic heterocycles. The average Bonchev–Trinajstić information content (AvgIpc) is 2.87. The molecule has 1 saturated heterocycles. The first-order valence-corrected chi connectivity index (χ1v) is 5.87. The summed E-state index contributed by atoms with van der Waals surface area (Å²) in [6.45, 7) is 0.349. The van der Waals surface area contributed by atoms with Crippen LogP contribution in [0.25, 0.3) is 0 Å². The van der Waals surface area contributed by atoms with Crippen LogP contribution in [-0.4, -0.2) is 43.3 Å². The number of carbonyl (C=O) groups excluding carboxylic acids is 1. The van der Waals surface area contributed by atoms with E-state index < -0.39 is 17.9 Å². The number of amides is 1. The zero-order valence-electron chi connectivity index (χ0n) is 10.5. The molecular weight excluding hydrogens is 250 g/mol. The first-order chi connectivity index (χ1) is 9.11. The Hall–Kier alpha value is -2.08. The highest BCUT2D eigenvalue weighted by Gasteiger charge is 2.35. The molecule has 2 rings (SSSR count). The SMILES string of the molecule is COc1ccc(C(=O)NC2COCC2C(=O)O)cc1. The lowest BCUT2D eigenvalue weighted by atomic mass is 10.0. The molecule has 1 amide bonds. The monoisotopic (exact) mass is 265 g/mol. The van der Waals surface area contributed by atoms with Crippen molar-refractivity contribution >= 4 is 11.9 Å². The minimum Gasteiger partial charge on any atom is -0.497 e. The molecule has 19 heavy (non-hydrogen) atoms. The molecule has 1 fully saturated rings. The molecule has 1 aliphatic heterocycles. The fourth-order valence-electron chi connectivity index (χ4n) is 1.93. The Morgan fingerprint density at radius 1 is 1.32 bits per heavy atom. The lowest BCUT2D eigenvalue weighted by molar-refractivity contribution is -0.142. The predicted octanol–water partition coefficient (Wildman–Crippen LogP) is 0.525. The summed E-state index contributed by atoms with van der Waals surface area (Å²) in [6, 6.07) is 6.11. The van der Waals surface area contributed by atoms with Crippen LogP contribution in [0.5, 0.6) is 5.75 Å². The van der Waals surface area contributed by atoms with Gasteiger partial charge in [-0.05, 0) is 24.3 Å². The zero-order valence-corrected chi connectivity index (χ0v) is 10.5. The standard InChI is InChI=1S/C13H15NO5/c1-18-9-4-2-8(3-5-9)12(15)14-11-7-19-6-10(11)13(16)17/h2-5,10-11H,6-7H2,1H3,(H,14,15)(H,16,17). The van der Waals surface area contributed by atoms with Crippen LogP contribution < -0.4 is 10.1 Å². The van der Waals surface area contributed by atoms with Gasteiger partial charge < -0.3 is 19.9 Å². The fraction of sp³-hybridized carbons (Fsp3) is 0.385. The number of hydrogen-bond acceptors (Lipinski definition) is 4. The highest BCUT2D eigenvalue weighted by atomic mass is 16.5. The van der Waals surface area contributed by atoms with Crippen LogP contribution in [0.4, 0.5) is 0 Å². The molecular formula is C13H15NO5. The van der Waals surface area contributed by atoms with Crippen LogP contribution in [0.1, 0.15) is 10.4 Å². The number of carboxylic acids is 1. The maximum atomic E-state index is 12.0. The summed E-state index contributed by atoms with van der Waals surface area (Å²) in [6.07, 6.45) is 0. The number of aliphatic carboxylic acids is 1. The molecule has 6 heteroatoms. The van der Waals surface area contributed by atoms with Gasteiger partial charge in [-0.15, -0.1) is 0 Å². The largest absolute Gasteiger partial charge is 0.497 e. The Kier molecular flexibility index (Phi) is 4.01. The van der Waals surface area contributed by atoms with Crippen molar-refractivity contribution in [1.82, 2.24) is 5.32 Å². The van der Waals surface area contributed by atoms with Crippen LogP contribution >= 0.6 is 0 Å². The molecule has 1 aromatic carbocycles. The molecule has 102 valence electrons. The lowest BCUT2D eigenvalue weighted by Crippen LogP contribution is -2.42. The van der Waals surface area contributed by atoms with Gasteiger partial charge in [0.25, 0.3) is 5.91 Å². The van der Waals surface area contributed by atoms with Crippen LogP contribution in [0.15, 0.2) is 24.3 Å². The number of methoxy groups -OCH3 is 1. The van der Waals surface area contributed by atoms with Gasteiger partial charge in [-0.2, -0.15) is 0 Å². The van der Waals surface area contributed by atoms with Crippen LogP contribution in [-0.2, 0) is 9.53 Å². The second-order valence-electron chi connectivity index (χ2n) is 4.29. The molecule has 1 aliphatic rings. The third-order valence-corrected chi connectivity index (χ3v) is 3.07. The number of carboxylic acid groups (broad SMARTS) is 1. The number of ether oxygens (including phenoxy) is 2. The van der Waals surface area contributed by atoms with E-state index in [0.29, 0.717) is 11.3 Å². The number of hydrogen-bond donors (Lipinski definition) is 2. The molecule has 0 aliphatic carbocycles. The van der Waals surface area contributed by atoms with E-state index in [2.05, 4.69) is 5.32 Å². The van der Waals surface area contributed by atoms with E-state index in [9.17, 15) is 9.59 Å². The van der Waals surface area contributed by atoms with Gasteiger partial charge >= 0.3 is 5.97 Å². The van der Waals surface area contributed by atoms with E-state index in [1.165, 1.54) is 0 Å². The Morgan fingerprint density at radius 3 is 2.58 bits per heavy atom. The van der Waals surface area contributed by atoms with Crippen molar-refractivity contribution < 1.29 is 24.2 Å². The number of carbonyl (C=O) groups is 2. The van der Waals surface area contributed by atoms with E-state index in [4.69, 9.17) is 14.6 Å². The number of nitrogens with one attached hydrogen (secondary N) is 1. The van der Waals surface area contributed by atoms with Crippen LogP contribution in [0.2, 0.25) is 0 Å². The predicted molar refractivity (Wildman–Crippen MR) is 66.2 cm³/mol. The average molecular weight is 265 g/mol. The van der Waals surface area contributed by atoms with Crippen molar-refractivity contribution in [2.45, 2.75) is 6.04 Å². The lowest BCUT2D eigenvalue weighted by Gasteiger charge is -2.15. The molecule has 0 radical (unpaired) electrons. The van der Waals surface area contributed by atoms with Crippen molar-refractivity contribution in [3.63, 3.8) is 0 Å². The zero-order chi connectivity index (χ0) is 13.8. The highest BCUT2D eigenvalue weighted by molar-refractivity contribution is 5.94. The van der Waals surface area contributed by atoms with Gasteiger partial charge in [0.05, 0.1) is 26.4 Å². The summed E-state index contributed by atoms with van der Waals surface area (Å²) < 4.78 is 10.1. The highest BCUT2D eigenvalue weighted by Crippen LogP contribution is 2.16. The summed E-state index contributed by atoms with van der Waals surface area (Å²) in [5.41, 5.74) is 0.455. The van der Waals surface area contributed by atoms with E-state index in [1.807, 2.05) is 0 Å². The van der Waals surface area contributed by atoms with Crippen molar-refractivity contribution in [1.29, 1.82) is 0 Å². The Morgan fingerprint density at radius 2 is 2.00 bits per heavy atom. The molecule has 2 unspecified atom stereocenters. The van der Waals surface area contributed by atoms with Crippen LogP contribution in [0.3, 0.4) is 0 Å². The van der Waals surface area contributed by atoms with E-state index in [0.717, 1.165) is 0 Å². The minimum absolute atomic E-state index is 0.128. The van der Waals surface area contributed by atoms with Gasteiger partial charge in [0.15, 0.2) is 0 Å². The second kappa shape index (κ2) is 5.71. The van der Waals surface area contributed by atoms with Gasteiger partial charge in [0.1, 0.15) is 11.7 Å². The van der Waals surface area contributed by atoms with E-state index >= 15 is 0 Å². The van der Waals surface area contributed by atoms with Gasteiger partial charge in [-0.25, -0.2) is 0 Å². The van der Waals surface area contributed by atoms with Crippen molar-refractivity contribution in [3.8, 4) is 5.75 Å². The Labute approximate surface area is 110 Å². The molecule has 0 saturated carbocycles. The first-order valence-electron chi connectivity index (χ1n) is 5.87. The van der Waals surface area contributed by atoms with Crippen molar-refractivity contribution in [2.24, 2.45) is 5.92 Å². The quantitative estimate of drug-likeness (QED) is 0.829. The van der Waals surface area contributed by atoms with Gasteiger partial charge in [0.2, 0.25) is 0 Å².